The molecular weight excluding hydrogens is 440 g/mol. The number of urea groups is 1. The van der Waals surface area contributed by atoms with Crippen LogP contribution < -0.4 is 10.1 Å². The van der Waals surface area contributed by atoms with Crippen molar-refractivity contribution in [2.24, 2.45) is 0 Å². The van der Waals surface area contributed by atoms with Crippen LogP contribution in [0.15, 0.2) is 57.5 Å². The lowest BCUT2D eigenvalue weighted by Crippen LogP contribution is -2.41. The van der Waals surface area contributed by atoms with Crippen LogP contribution in [0.1, 0.15) is 18.4 Å². The Bertz CT molecular complexity index is 1080. The minimum absolute atomic E-state index is 0.117. The predicted octanol–water partition coefficient (Wildman–Crippen LogP) is 3.47. The first-order valence-corrected chi connectivity index (χ1v) is 9.58. The van der Waals surface area contributed by atoms with Crippen LogP contribution in [0.4, 0.5) is 4.79 Å². The van der Waals surface area contributed by atoms with Gasteiger partial charge >= 0.3 is 6.03 Å². The standard InChI is InChI=1S/C20H17BrN4O4/c1-20(14-5-3-4-6-15(14)21)18(26)25(19(27)23-20)11-16-22-17(24-29-16)12-7-9-13(28-2)10-8-12/h3-10H,11H2,1-2H3,(H,23,27)/t20-/m1/s1. The maximum absolute atomic E-state index is 13.1. The minimum atomic E-state index is -1.18. The van der Waals surface area contributed by atoms with Crippen molar-refractivity contribution in [1.29, 1.82) is 0 Å². The van der Waals surface area contributed by atoms with Crippen LogP contribution in [0.25, 0.3) is 11.4 Å². The zero-order chi connectivity index (χ0) is 20.6. The Morgan fingerprint density at radius 1 is 1.17 bits per heavy atom. The van der Waals surface area contributed by atoms with Crippen molar-refractivity contribution in [3.8, 4) is 17.1 Å². The van der Waals surface area contributed by atoms with Gasteiger partial charge in [0.2, 0.25) is 11.7 Å². The number of carbonyl (C=O) groups is 2. The molecule has 1 aliphatic heterocycles. The second kappa shape index (κ2) is 7.32. The number of nitrogens with zero attached hydrogens (tertiary/aromatic N) is 3. The monoisotopic (exact) mass is 456 g/mol. The average molecular weight is 457 g/mol. The highest BCUT2D eigenvalue weighted by atomic mass is 79.9. The Hall–Kier alpha value is -3.20. The molecular formula is C20H17BrN4O4. The number of hydrogen-bond donors (Lipinski definition) is 1. The van der Waals surface area contributed by atoms with Crippen molar-refractivity contribution >= 4 is 27.9 Å². The van der Waals surface area contributed by atoms with E-state index >= 15 is 0 Å². The highest BCUT2D eigenvalue weighted by Gasteiger charge is 2.50. The van der Waals surface area contributed by atoms with Crippen molar-refractivity contribution in [3.63, 3.8) is 0 Å². The summed E-state index contributed by atoms with van der Waals surface area (Å²) in [6.07, 6.45) is 0. The fourth-order valence-corrected chi connectivity index (χ4v) is 3.88. The van der Waals surface area contributed by atoms with Crippen LogP contribution in [0.2, 0.25) is 0 Å². The molecule has 1 N–H and O–H groups in total. The van der Waals surface area contributed by atoms with E-state index < -0.39 is 17.5 Å². The van der Waals surface area contributed by atoms with E-state index in [2.05, 4.69) is 31.4 Å². The van der Waals surface area contributed by atoms with Crippen LogP contribution in [0, 0.1) is 0 Å². The summed E-state index contributed by atoms with van der Waals surface area (Å²) in [7, 11) is 1.58. The summed E-state index contributed by atoms with van der Waals surface area (Å²) in [5.41, 5.74) is 0.220. The summed E-state index contributed by atoms with van der Waals surface area (Å²) < 4.78 is 11.1. The minimum Gasteiger partial charge on any atom is -0.497 e. The summed E-state index contributed by atoms with van der Waals surface area (Å²) in [6, 6.07) is 13.9. The van der Waals surface area contributed by atoms with E-state index in [9.17, 15) is 9.59 Å². The summed E-state index contributed by atoms with van der Waals surface area (Å²) in [5, 5.41) is 6.70. The molecule has 0 bridgehead atoms. The second-order valence-electron chi connectivity index (χ2n) is 6.67. The average Bonchev–Trinajstić information content (AvgIpc) is 3.28. The van der Waals surface area contributed by atoms with Gasteiger partial charge in [-0.15, -0.1) is 0 Å². The van der Waals surface area contributed by atoms with Crippen molar-refractivity contribution in [2.45, 2.75) is 19.0 Å². The molecule has 9 heteroatoms. The van der Waals surface area contributed by atoms with E-state index in [1.165, 1.54) is 0 Å². The number of aromatic nitrogens is 2. The quantitative estimate of drug-likeness (QED) is 0.590. The Balaban J connectivity index is 1.56. The number of halogens is 1. The van der Waals surface area contributed by atoms with Gasteiger partial charge in [-0.1, -0.05) is 39.3 Å². The maximum Gasteiger partial charge on any atom is 0.325 e. The van der Waals surface area contributed by atoms with Gasteiger partial charge < -0.3 is 14.6 Å². The lowest BCUT2D eigenvalue weighted by molar-refractivity contribution is -0.131. The molecule has 1 atom stereocenters. The highest BCUT2D eigenvalue weighted by molar-refractivity contribution is 9.10. The highest BCUT2D eigenvalue weighted by Crippen LogP contribution is 2.34. The van der Waals surface area contributed by atoms with E-state index in [1.807, 2.05) is 18.2 Å². The van der Waals surface area contributed by atoms with Crippen LogP contribution in [-0.2, 0) is 16.9 Å². The van der Waals surface area contributed by atoms with Gasteiger partial charge in [0.05, 0.1) is 7.11 Å². The molecule has 0 radical (unpaired) electrons. The zero-order valence-corrected chi connectivity index (χ0v) is 17.3. The first-order valence-electron chi connectivity index (χ1n) is 8.78. The van der Waals surface area contributed by atoms with E-state index in [4.69, 9.17) is 9.26 Å². The van der Waals surface area contributed by atoms with Gasteiger partial charge in [0.25, 0.3) is 5.91 Å². The van der Waals surface area contributed by atoms with Crippen LogP contribution >= 0.6 is 15.9 Å². The van der Waals surface area contributed by atoms with Gasteiger partial charge in [-0.05, 0) is 37.3 Å². The molecule has 8 nitrogen and oxygen atoms in total. The van der Waals surface area contributed by atoms with Gasteiger partial charge in [0.15, 0.2) is 0 Å². The Morgan fingerprint density at radius 3 is 2.59 bits per heavy atom. The molecule has 1 aromatic heterocycles. The van der Waals surface area contributed by atoms with Crippen molar-refractivity contribution in [2.75, 3.05) is 7.11 Å². The molecule has 2 aromatic carbocycles. The summed E-state index contributed by atoms with van der Waals surface area (Å²) in [6.45, 7) is 1.55. The Kier molecular flexibility index (Phi) is 4.83. The van der Waals surface area contributed by atoms with Crippen LogP contribution in [0.5, 0.6) is 5.75 Å². The third kappa shape index (κ3) is 3.38. The largest absolute Gasteiger partial charge is 0.497 e. The van der Waals surface area contributed by atoms with Crippen molar-refractivity contribution in [3.05, 3.63) is 64.5 Å². The fraction of sp³-hybridized carbons (Fsp3) is 0.200. The maximum atomic E-state index is 13.1. The molecule has 3 aromatic rings. The molecule has 2 heterocycles. The van der Waals surface area contributed by atoms with E-state index in [0.29, 0.717) is 17.1 Å². The molecule has 148 valence electrons. The fourth-order valence-electron chi connectivity index (χ4n) is 3.20. The number of amides is 3. The van der Waals surface area contributed by atoms with Crippen molar-refractivity contribution < 1.29 is 18.8 Å². The van der Waals surface area contributed by atoms with Gasteiger partial charge in [0.1, 0.15) is 17.8 Å². The number of hydrogen-bond acceptors (Lipinski definition) is 6. The van der Waals surface area contributed by atoms with Gasteiger partial charge in [-0.25, -0.2) is 4.79 Å². The normalized spacial score (nSPS) is 18.8. The molecule has 4 rings (SSSR count). The van der Waals surface area contributed by atoms with E-state index in [-0.39, 0.29) is 12.4 Å². The number of carbonyl (C=O) groups excluding carboxylic acids is 2. The van der Waals surface area contributed by atoms with E-state index in [0.717, 1.165) is 14.9 Å². The second-order valence-corrected chi connectivity index (χ2v) is 7.52. The number of nitrogens with one attached hydrogen (secondary N) is 1. The first kappa shape index (κ1) is 19.1. The summed E-state index contributed by atoms with van der Waals surface area (Å²) in [5.74, 6) is 0.848. The smallest absolute Gasteiger partial charge is 0.325 e. The molecule has 1 fully saturated rings. The summed E-state index contributed by atoms with van der Waals surface area (Å²) >= 11 is 3.44. The molecule has 3 amide bonds. The molecule has 0 saturated carbocycles. The van der Waals surface area contributed by atoms with Crippen LogP contribution in [0.3, 0.4) is 0 Å². The van der Waals surface area contributed by atoms with Gasteiger partial charge in [0, 0.05) is 15.6 Å². The third-order valence-electron chi connectivity index (χ3n) is 4.80. The molecule has 29 heavy (non-hydrogen) atoms. The summed E-state index contributed by atoms with van der Waals surface area (Å²) in [4.78, 5) is 31.0. The van der Waals surface area contributed by atoms with Gasteiger partial charge in [-0.2, -0.15) is 4.98 Å². The Labute approximate surface area is 175 Å². The van der Waals surface area contributed by atoms with Crippen LogP contribution in [-0.4, -0.2) is 34.1 Å². The molecule has 0 spiro atoms. The molecule has 0 aliphatic carbocycles. The molecule has 1 aliphatic rings. The lowest BCUT2D eigenvalue weighted by atomic mass is 9.92. The van der Waals surface area contributed by atoms with E-state index in [1.54, 1.807) is 44.4 Å². The van der Waals surface area contributed by atoms with Crippen molar-refractivity contribution in [1.82, 2.24) is 20.4 Å². The SMILES string of the molecule is COc1ccc(-c2noc(CN3C(=O)N[C@](C)(c4ccccc4Br)C3=O)n2)cc1. The molecule has 1 saturated heterocycles. The zero-order valence-electron chi connectivity index (χ0n) is 15.7. The van der Waals surface area contributed by atoms with Gasteiger partial charge in [-0.3, -0.25) is 9.69 Å². The lowest BCUT2D eigenvalue weighted by Gasteiger charge is -2.23. The third-order valence-corrected chi connectivity index (χ3v) is 5.49. The first-order chi connectivity index (χ1) is 13.9. The topological polar surface area (TPSA) is 97.6 Å². The predicted molar refractivity (Wildman–Crippen MR) is 107 cm³/mol. The number of benzene rings is 2. The molecule has 0 unspecified atom stereocenters. The number of imide groups is 1. The number of ether oxygens (including phenoxy) is 1. The number of rotatable bonds is 5. The number of methoxy groups -OCH3 is 1. The Morgan fingerprint density at radius 2 is 1.90 bits per heavy atom.